The lowest BCUT2D eigenvalue weighted by Gasteiger charge is -2.25. The molecule has 0 aromatic heterocycles. The highest BCUT2D eigenvalue weighted by atomic mass is 32.3. The number of amides is 1. The molecule has 0 unspecified atom stereocenters. The van der Waals surface area contributed by atoms with Gasteiger partial charge in [-0.25, -0.2) is 21.2 Å². The van der Waals surface area contributed by atoms with Crippen LogP contribution in [0, 0.1) is 5.82 Å². The smallest absolute Gasteiger partial charge is 0.277 e. The minimum absolute atomic E-state index is 0.0144. The van der Waals surface area contributed by atoms with Crippen LogP contribution in [-0.4, -0.2) is 22.7 Å². The summed E-state index contributed by atoms with van der Waals surface area (Å²) < 4.78 is 70.1. The first-order valence-electron chi connectivity index (χ1n) is 12.5. The van der Waals surface area contributed by atoms with Crippen LogP contribution in [0.15, 0.2) is 119 Å². The summed E-state index contributed by atoms with van der Waals surface area (Å²) in [5.74, 6) is -1.63. The number of sulfonamides is 2. The molecular formula is C30H25FN2O5S2. The highest BCUT2D eigenvalue weighted by molar-refractivity contribution is 8.10. The van der Waals surface area contributed by atoms with Crippen molar-refractivity contribution in [2.75, 3.05) is 9.03 Å². The van der Waals surface area contributed by atoms with E-state index >= 15 is 4.39 Å². The number of carbonyl (C=O) groups is 1. The van der Waals surface area contributed by atoms with E-state index in [2.05, 4.69) is 11.4 Å². The van der Waals surface area contributed by atoms with Crippen molar-refractivity contribution in [1.82, 2.24) is 0 Å². The first-order chi connectivity index (χ1) is 19.2. The SMILES string of the molecule is O=C(Nc1ccc(F)c(N(S(=O)(=O)c2ccccc2)S(=O)(=O)c2ccccc2)c1)c1ccc(C2=CCCC2)cc1. The van der Waals surface area contributed by atoms with E-state index < -0.39 is 37.5 Å². The number of halogens is 1. The van der Waals surface area contributed by atoms with E-state index in [1.165, 1.54) is 60.2 Å². The Morgan fingerprint density at radius 2 is 1.32 bits per heavy atom. The Morgan fingerprint density at radius 1 is 0.750 bits per heavy atom. The first-order valence-corrected chi connectivity index (χ1v) is 15.4. The highest BCUT2D eigenvalue weighted by Gasteiger charge is 2.38. The minimum atomic E-state index is -4.81. The van der Waals surface area contributed by atoms with Crippen LogP contribution < -0.4 is 9.03 Å². The molecule has 1 amide bonds. The van der Waals surface area contributed by atoms with Gasteiger partial charge in [0.1, 0.15) is 11.5 Å². The molecule has 0 saturated heterocycles. The van der Waals surface area contributed by atoms with Gasteiger partial charge in [-0.3, -0.25) is 4.79 Å². The van der Waals surface area contributed by atoms with Crippen LogP contribution in [0.25, 0.3) is 5.57 Å². The fourth-order valence-electron chi connectivity index (χ4n) is 4.47. The zero-order chi connectivity index (χ0) is 28.3. The van der Waals surface area contributed by atoms with Crippen LogP contribution >= 0.6 is 0 Å². The lowest BCUT2D eigenvalue weighted by atomic mass is 10.0. The van der Waals surface area contributed by atoms with Gasteiger partial charge in [-0.05, 0) is 85.0 Å². The second-order valence-electron chi connectivity index (χ2n) is 9.15. The molecule has 0 heterocycles. The molecule has 0 spiro atoms. The number of allylic oxidation sites excluding steroid dienone is 2. The number of hydrogen-bond acceptors (Lipinski definition) is 5. The third-order valence-corrected chi connectivity index (χ3v) is 10.7. The lowest BCUT2D eigenvalue weighted by molar-refractivity contribution is 0.102. The van der Waals surface area contributed by atoms with E-state index in [1.807, 2.05) is 12.1 Å². The number of nitrogens with zero attached hydrogens (tertiary/aromatic N) is 1. The van der Waals surface area contributed by atoms with Gasteiger partial charge in [-0.15, -0.1) is 0 Å². The molecule has 0 radical (unpaired) electrons. The molecule has 1 aliphatic carbocycles. The molecule has 1 N–H and O–H groups in total. The molecule has 5 rings (SSSR count). The quantitative estimate of drug-likeness (QED) is 0.268. The maximum Gasteiger partial charge on any atom is 0.277 e. The topological polar surface area (TPSA) is 101 Å². The van der Waals surface area contributed by atoms with Crippen molar-refractivity contribution >= 4 is 42.9 Å². The summed E-state index contributed by atoms with van der Waals surface area (Å²) in [6, 6.07) is 23.9. The normalized spacial score (nSPS) is 13.5. The van der Waals surface area contributed by atoms with Gasteiger partial charge in [-0.2, -0.15) is 3.71 Å². The number of benzene rings is 4. The Kier molecular flexibility index (Phi) is 7.55. The van der Waals surface area contributed by atoms with Crippen molar-refractivity contribution < 1.29 is 26.0 Å². The van der Waals surface area contributed by atoms with Gasteiger partial charge in [0.15, 0.2) is 0 Å². The Morgan fingerprint density at radius 3 is 1.85 bits per heavy atom. The van der Waals surface area contributed by atoms with Crippen molar-refractivity contribution in [1.29, 1.82) is 0 Å². The van der Waals surface area contributed by atoms with Gasteiger partial charge >= 0.3 is 0 Å². The number of hydrogen-bond donors (Lipinski definition) is 1. The number of anilines is 2. The van der Waals surface area contributed by atoms with Crippen LogP contribution in [0.2, 0.25) is 0 Å². The Bertz CT molecular complexity index is 1720. The van der Waals surface area contributed by atoms with Gasteiger partial charge < -0.3 is 5.32 Å². The summed E-state index contributed by atoms with van der Waals surface area (Å²) in [4.78, 5) is 12.3. The van der Waals surface area contributed by atoms with E-state index in [0.29, 0.717) is 5.56 Å². The average molecular weight is 577 g/mol. The van der Waals surface area contributed by atoms with Crippen molar-refractivity contribution in [3.05, 3.63) is 126 Å². The van der Waals surface area contributed by atoms with E-state index in [-0.39, 0.29) is 19.2 Å². The summed E-state index contributed by atoms with van der Waals surface area (Å²) in [5, 5.41) is 2.62. The summed E-state index contributed by atoms with van der Waals surface area (Å²) in [6.07, 6.45) is 5.29. The minimum Gasteiger partial charge on any atom is -0.322 e. The van der Waals surface area contributed by atoms with E-state index in [0.717, 1.165) is 37.0 Å². The van der Waals surface area contributed by atoms with Crippen LogP contribution in [0.1, 0.15) is 35.2 Å². The molecule has 10 heteroatoms. The van der Waals surface area contributed by atoms with Crippen molar-refractivity contribution in [3.8, 4) is 0 Å². The zero-order valence-electron chi connectivity index (χ0n) is 21.2. The predicted molar refractivity (Wildman–Crippen MR) is 152 cm³/mol. The molecule has 4 aromatic carbocycles. The average Bonchev–Trinajstić information content (AvgIpc) is 3.51. The highest BCUT2D eigenvalue weighted by Crippen LogP contribution is 2.34. The van der Waals surface area contributed by atoms with Gasteiger partial charge in [0.2, 0.25) is 0 Å². The third-order valence-electron chi connectivity index (χ3n) is 6.48. The fraction of sp³-hybridized carbons (Fsp3) is 0.100. The second kappa shape index (κ2) is 11.1. The molecule has 204 valence electrons. The maximum absolute atomic E-state index is 15.3. The summed E-state index contributed by atoms with van der Waals surface area (Å²) >= 11 is 0. The molecule has 40 heavy (non-hydrogen) atoms. The zero-order valence-corrected chi connectivity index (χ0v) is 22.8. The van der Waals surface area contributed by atoms with E-state index in [4.69, 9.17) is 0 Å². The van der Waals surface area contributed by atoms with Gasteiger partial charge in [-0.1, -0.05) is 54.6 Å². The monoisotopic (exact) mass is 576 g/mol. The van der Waals surface area contributed by atoms with E-state index in [1.54, 1.807) is 24.3 Å². The maximum atomic E-state index is 15.3. The van der Waals surface area contributed by atoms with Gasteiger partial charge in [0.25, 0.3) is 26.0 Å². The largest absolute Gasteiger partial charge is 0.322 e. The van der Waals surface area contributed by atoms with Gasteiger partial charge in [0, 0.05) is 11.3 Å². The van der Waals surface area contributed by atoms with Crippen LogP contribution in [0.5, 0.6) is 0 Å². The molecule has 0 bridgehead atoms. The van der Waals surface area contributed by atoms with Crippen molar-refractivity contribution in [3.63, 3.8) is 0 Å². The van der Waals surface area contributed by atoms with Crippen LogP contribution in [0.3, 0.4) is 0 Å². The standard InChI is InChI=1S/C30H25FN2O5S2/c31-28-20-19-25(32-30(34)24-17-15-23(16-18-24)22-9-7-8-10-22)21-29(28)33(39(35,36)26-11-3-1-4-12-26)40(37,38)27-13-5-2-6-14-27/h1-6,9,11-21H,7-8,10H2,(H,32,34). The summed E-state index contributed by atoms with van der Waals surface area (Å²) in [7, 11) is -9.61. The molecule has 4 aromatic rings. The summed E-state index contributed by atoms with van der Waals surface area (Å²) in [6.45, 7) is 0. The van der Waals surface area contributed by atoms with Crippen molar-refractivity contribution in [2.24, 2.45) is 0 Å². The Hall–Kier alpha value is -4.28. The number of rotatable bonds is 8. The third kappa shape index (κ3) is 5.41. The number of nitrogens with one attached hydrogen (secondary N) is 1. The fourth-order valence-corrected chi connectivity index (χ4v) is 8.20. The summed E-state index contributed by atoms with van der Waals surface area (Å²) in [5.41, 5.74) is 1.86. The Labute approximate surface area is 232 Å². The molecule has 0 aliphatic heterocycles. The van der Waals surface area contributed by atoms with Gasteiger partial charge in [0.05, 0.1) is 9.79 Å². The van der Waals surface area contributed by atoms with Crippen LogP contribution in [0.4, 0.5) is 15.8 Å². The lowest BCUT2D eigenvalue weighted by Crippen LogP contribution is -2.37. The molecule has 7 nitrogen and oxygen atoms in total. The predicted octanol–water partition coefficient (Wildman–Crippen LogP) is 6.23. The first kappa shape index (κ1) is 27.3. The second-order valence-corrected chi connectivity index (χ2v) is 13.0. The Balaban J connectivity index is 1.53. The molecule has 1 aliphatic rings. The number of carbonyl (C=O) groups excluding carboxylic acids is 1. The van der Waals surface area contributed by atoms with Crippen molar-refractivity contribution in [2.45, 2.75) is 29.1 Å². The van der Waals surface area contributed by atoms with Crippen LogP contribution in [-0.2, 0) is 20.0 Å². The molecular weight excluding hydrogens is 551 g/mol. The molecule has 0 atom stereocenters. The van der Waals surface area contributed by atoms with E-state index in [9.17, 15) is 21.6 Å². The molecule has 0 saturated carbocycles. The molecule has 0 fully saturated rings.